The summed E-state index contributed by atoms with van der Waals surface area (Å²) in [6.45, 7) is 0. The highest BCUT2D eigenvalue weighted by atomic mass is 79.9. The van der Waals surface area contributed by atoms with Crippen LogP contribution >= 0.6 is 27.7 Å². The van der Waals surface area contributed by atoms with Gasteiger partial charge in [0, 0.05) is 22.2 Å². The van der Waals surface area contributed by atoms with Crippen LogP contribution in [0.1, 0.15) is 10.4 Å². The van der Waals surface area contributed by atoms with Crippen molar-refractivity contribution in [3.8, 4) is 0 Å². The molecule has 0 heterocycles. The van der Waals surface area contributed by atoms with Gasteiger partial charge in [0.25, 0.3) is 11.6 Å². The summed E-state index contributed by atoms with van der Waals surface area (Å²) >= 11 is 4.69. The van der Waals surface area contributed by atoms with Crippen LogP contribution < -0.4 is 5.32 Å². The Bertz CT molecular complexity index is 689. The van der Waals surface area contributed by atoms with Crippen LogP contribution in [-0.4, -0.2) is 17.1 Å². The molecule has 2 aromatic carbocycles. The fraction of sp³-hybridized carbons (Fsp3) is 0.0714. The SMILES string of the molecule is CSc1ccc(NC(=O)c2ccc(Br)c([N+](=O)[O-])c2)cc1. The van der Waals surface area contributed by atoms with Crippen LogP contribution in [0.4, 0.5) is 11.4 Å². The Kier molecular flexibility index (Phi) is 4.98. The first-order valence-electron chi connectivity index (χ1n) is 5.90. The number of amides is 1. The number of benzene rings is 2. The Balaban J connectivity index is 2.19. The lowest BCUT2D eigenvalue weighted by molar-refractivity contribution is -0.385. The zero-order valence-electron chi connectivity index (χ0n) is 11.0. The van der Waals surface area contributed by atoms with E-state index in [0.29, 0.717) is 10.2 Å². The minimum Gasteiger partial charge on any atom is -0.322 e. The highest BCUT2D eigenvalue weighted by Crippen LogP contribution is 2.26. The molecule has 7 heteroatoms. The number of rotatable bonds is 4. The van der Waals surface area contributed by atoms with Crippen LogP contribution in [0.2, 0.25) is 0 Å². The Labute approximate surface area is 134 Å². The van der Waals surface area contributed by atoms with Crippen molar-refractivity contribution in [2.75, 3.05) is 11.6 Å². The molecule has 0 aromatic heterocycles. The summed E-state index contributed by atoms with van der Waals surface area (Å²) in [5.74, 6) is -0.387. The molecule has 21 heavy (non-hydrogen) atoms. The van der Waals surface area contributed by atoms with Gasteiger partial charge >= 0.3 is 0 Å². The second-order valence-corrected chi connectivity index (χ2v) is 5.84. The molecule has 0 bridgehead atoms. The Hall–Kier alpha value is -1.86. The van der Waals surface area contributed by atoms with Gasteiger partial charge in [-0.1, -0.05) is 0 Å². The van der Waals surface area contributed by atoms with E-state index in [1.807, 2.05) is 18.4 Å². The Morgan fingerprint density at radius 1 is 1.24 bits per heavy atom. The van der Waals surface area contributed by atoms with Crippen molar-refractivity contribution in [3.63, 3.8) is 0 Å². The number of hydrogen-bond donors (Lipinski definition) is 1. The number of anilines is 1. The normalized spacial score (nSPS) is 10.2. The van der Waals surface area contributed by atoms with Crippen molar-refractivity contribution in [1.82, 2.24) is 0 Å². The molecule has 0 aliphatic heterocycles. The summed E-state index contributed by atoms with van der Waals surface area (Å²) in [7, 11) is 0. The number of carbonyl (C=O) groups excluding carboxylic acids is 1. The largest absolute Gasteiger partial charge is 0.322 e. The molecule has 1 N–H and O–H groups in total. The van der Waals surface area contributed by atoms with Gasteiger partial charge < -0.3 is 5.32 Å². The lowest BCUT2D eigenvalue weighted by Gasteiger charge is -2.06. The molecule has 0 aliphatic carbocycles. The van der Waals surface area contributed by atoms with Crippen molar-refractivity contribution >= 4 is 45.0 Å². The third kappa shape index (κ3) is 3.83. The summed E-state index contributed by atoms with van der Waals surface area (Å²) in [5, 5.41) is 13.6. The highest BCUT2D eigenvalue weighted by molar-refractivity contribution is 9.10. The molecule has 0 unspecified atom stereocenters. The smallest absolute Gasteiger partial charge is 0.284 e. The lowest BCUT2D eigenvalue weighted by Crippen LogP contribution is -2.12. The maximum atomic E-state index is 12.1. The third-order valence-corrected chi connectivity index (χ3v) is 4.17. The predicted octanol–water partition coefficient (Wildman–Crippen LogP) is 4.33. The topological polar surface area (TPSA) is 72.2 Å². The van der Waals surface area contributed by atoms with Gasteiger partial charge in [0.2, 0.25) is 0 Å². The summed E-state index contributed by atoms with van der Waals surface area (Å²) < 4.78 is 0.341. The molecule has 2 rings (SSSR count). The molecule has 2 aromatic rings. The molecule has 0 spiro atoms. The van der Waals surface area contributed by atoms with Crippen LogP contribution in [0.3, 0.4) is 0 Å². The zero-order valence-corrected chi connectivity index (χ0v) is 13.4. The van der Waals surface area contributed by atoms with Crippen LogP contribution in [0, 0.1) is 10.1 Å². The number of halogens is 1. The number of thioether (sulfide) groups is 1. The second-order valence-electron chi connectivity index (χ2n) is 4.11. The molecular weight excluding hydrogens is 356 g/mol. The van der Waals surface area contributed by atoms with Crippen molar-refractivity contribution < 1.29 is 9.72 Å². The Morgan fingerprint density at radius 3 is 2.48 bits per heavy atom. The van der Waals surface area contributed by atoms with Gasteiger partial charge in [-0.15, -0.1) is 11.8 Å². The van der Waals surface area contributed by atoms with E-state index in [4.69, 9.17) is 0 Å². The van der Waals surface area contributed by atoms with Crippen LogP contribution in [0.25, 0.3) is 0 Å². The summed E-state index contributed by atoms with van der Waals surface area (Å²) in [4.78, 5) is 23.5. The summed E-state index contributed by atoms with van der Waals surface area (Å²) in [6.07, 6.45) is 1.97. The fourth-order valence-electron chi connectivity index (χ4n) is 1.67. The van der Waals surface area contributed by atoms with Crippen molar-refractivity contribution in [1.29, 1.82) is 0 Å². The third-order valence-electron chi connectivity index (χ3n) is 2.75. The number of nitrogens with zero attached hydrogens (tertiary/aromatic N) is 1. The molecule has 0 saturated carbocycles. The first kappa shape index (κ1) is 15.5. The minimum atomic E-state index is -0.534. The predicted molar refractivity (Wildman–Crippen MR) is 87.0 cm³/mol. The van der Waals surface area contributed by atoms with E-state index in [0.717, 1.165) is 4.90 Å². The van der Waals surface area contributed by atoms with E-state index in [-0.39, 0.29) is 17.2 Å². The lowest BCUT2D eigenvalue weighted by atomic mass is 10.2. The van der Waals surface area contributed by atoms with Crippen molar-refractivity contribution in [2.45, 2.75) is 4.90 Å². The fourth-order valence-corrected chi connectivity index (χ4v) is 2.47. The molecule has 0 radical (unpaired) electrons. The van der Waals surface area contributed by atoms with Crippen LogP contribution in [-0.2, 0) is 0 Å². The summed E-state index contributed by atoms with van der Waals surface area (Å²) in [5.41, 5.74) is 0.739. The first-order valence-corrected chi connectivity index (χ1v) is 7.92. The van der Waals surface area contributed by atoms with E-state index < -0.39 is 4.92 Å². The maximum Gasteiger partial charge on any atom is 0.284 e. The van der Waals surface area contributed by atoms with E-state index in [1.165, 1.54) is 18.2 Å². The van der Waals surface area contributed by atoms with Gasteiger partial charge in [0.1, 0.15) is 0 Å². The molecule has 0 fully saturated rings. The van der Waals surface area contributed by atoms with Gasteiger partial charge in [0.05, 0.1) is 9.40 Å². The van der Waals surface area contributed by atoms with Crippen molar-refractivity contribution in [2.24, 2.45) is 0 Å². The average Bonchev–Trinajstić information content (AvgIpc) is 2.48. The zero-order chi connectivity index (χ0) is 15.4. The quantitative estimate of drug-likeness (QED) is 0.496. The van der Waals surface area contributed by atoms with Gasteiger partial charge in [-0.05, 0) is 58.6 Å². The van der Waals surface area contributed by atoms with E-state index in [2.05, 4.69) is 21.2 Å². The molecule has 1 amide bonds. The van der Waals surface area contributed by atoms with Crippen LogP contribution in [0.5, 0.6) is 0 Å². The number of nitro benzene ring substituents is 1. The minimum absolute atomic E-state index is 0.139. The van der Waals surface area contributed by atoms with E-state index in [1.54, 1.807) is 23.9 Å². The standard InChI is InChI=1S/C14H11BrN2O3S/c1-21-11-5-3-10(4-6-11)16-14(18)9-2-7-12(15)13(8-9)17(19)20/h2-8H,1H3,(H,16,18). The Morgan fingerprint density at radius 2 is 1.90 bits per heavy atom. The van der Waals surface area contributed by atoms with Crippen LogP contribution in [0.15, 0.2) is 51.8 Å². The van der Waals surface area contributed by atoms with E-state index >= 15 is 0 Å². The number of carbonyl (C=O) groups is 1. The number of nitrogens with one attached hydrogen (secondary N) is 1. The molecule has 0 saturated heterocycles. The first-order chi connectivity index (χ1) is 10.0. The molecule has 108 valence electrons. The number of hydrogen-bond acceptors (Lipinski definition) is 4. The second kappa shape index (κ2) is 6.73. The van der Waals surface area contributed by atoms with Gasteiger partial charge in [-0.2, -0.15) is 0 Å². The van der Waals surface area contributed by atoms with E-state index in [9.17, 15) is 14.9 Å². The molecular formula is C14H11BrN2O3S. The van der Waals surface area contributed by atoms with Gasteiger partial charge in [-0.3, -0.25) is 14.9 Å². The molecule has 0 aliphatic rings. The van der Waals surface area contributed by atoms with Gasteiger partial charge in [-0.25, -0.2) is 0 Å². The average molecular weight is 367 g/mol. The van der Waals surface area contributed by atoms with Crippen molar-refractivity contribution in [3.05, 3.63) is 62.6 Å². The molecule has 5 nitrogen and oxygen atoms in total. The maximum absolute atomic E-state index is 12.1. The summed E-state index contributed by atoms with van der Waals surface area (Å²) in [6, 6.07) is 11.6. The monoisotopic (exact) mass is 366 g/mol. The number of nitro groups is 1. The van der Waals surface area contributed by atoms with Gasteiger partial charge in [0.15, 0.2) is 0 Å². The molecule has 0 atom stereocenters. The highest BCUT2D eigenvalue weighted by Gasteiger charge is 2.16.